The van der Waals surface area contributed by atoms with Crippen molar-refractivity contribution < 1.29 is 0 Å². The number of rotatable bonds is 5. The first kappa shape index (κ1) is 15.7. The predicted molar refractivity (Wildman–Crippen MR) is 91.0 cm³/mol. The fourth-order valence-electron chi connectivity index (χ4n) is 3.68. The molecular weight excluding hydrogens is 272 g/mol. The maximum Gasteiger partial charge on any atom is 0.147 e. The van der Waals surface area contributed by atoms with E-state index in [2.05, 4.69) is 36.1 Å². The molecule has 3 rings (SSSR count). The Balaban J connectivity index is 1.68. The second-order valence-electron chi connectivity index (χ2n) is 7.47. The first-order chi connectivity index (χ1) is 10.6. The van der Waals surface area contributed by atoms with Gasteiger partial charge in [0.05, 0.1) is 24.1 Å². The summed E-state index contributed by atoms with van der Waals surface area (Å²) in [4.78, 5) is 11.7. The van der Waals surface area contributed by atoms with Crippen molar-refractivity contribution in [1.82, 2.24) is 15.3 Å². The van der Waals surface area contributed by atoms with E-state index in [1.165, 1.54) is 44.9 Å². The van der Waals surface area contributed by atoms with Gasteiger partial charge < -0.3 is 10.2 Å². The molecular formula is C18H30N4. The Kier molecular flexibility index (Phi) is 4.97. The van der Waals surface area contributed by atoms with Crippen molar-refractivity contribution in [2.45, 2.75) is 76.9 Å². The van der Waals surface area contributed by atoms with Gasteiger partial charge in [-0.2, -0.15) is 0 Å². The van der Waals surface area contributed by atoms with Crippen molar-refractivity contribution in [2.24, 2.45) is 5.92 Å². The van der Waals surface area contributed by atoms with E-state index in [0.29, 0.717) is 18.1 Å². The molecule has 1 saturated heterocycles. The second-order valence-corrected chi connectivity index (χ2v) is 7.47. The van der Waals surface area contributed by atoms with Gasteiger partial charge in [0.25, 0.3) is 0 Å². The summed E-state index contributed by atoms with van der Waals surface area (Å²) in [6, 6.07) is 1.67. The molecule has 0 spiro atoms. The maximum atomic E-state index is 4.91. The zero-order valence-corrected chi connectivity index (χ0v) is 14.3. The SMILES string of the molecule is CC(C)C[C@@H]1CCCC(c2cncc(N(C)C3CCC3)n2)N1. The average Bonchev–Trinajstić information content (AvgIpc) is 2.45. The Morgan fingerprint density at radius 1 is 1.18 bits per heavy atom. The van der Waals surface area contributed by atoms with Gasteiger partial charge in [-0.05, 0) is 50.9 Å². The third-order valence-corrected chi connectivity index (χ3v) is 5.22. The van der Waals surface area contributed by atoms with E-state index in [9.17, 15) is 0 Å². The van der Waals surface area contributed by atoms with E-state index in [-0.39, 0.29) is 0 Å². The van der Waals surface area contributed by atoms with E-state index in [4.69, 9.17) is 4.98 Å². The van der Waals surface area contributed by atoms with Crippen LogP contribution in [-0.2, 0) is 0 Å². The van der Waals surface area contributed by atoms with Crippen LogP contribution in [0.5, 0.6) is 0 Å². The fourth-order valence-corrected chi connectivity index (χ4v) is 3.68. The van der Waals surface area contributed by atoms with Crippen molar-refractivity contribution in [3.8, 4) is 0 Å². The van der Waals surface area contributed by atoms with Gasteiger partial charge >= 0.3 is 0 Å². The Bertz CT molecular complexity index is 484. The molecule has 0 radical (unpaired) electrons. The summed E-state index contributed by atoms with van der Waals surface area (Å²) in [6.45, 7) is 4.61. The van der Waals surface area contributed by atoms with Crippen LogP contribution in [-0.4, -0.2) is 29.1 Å². The minimum atomic E-state index is 0.375. The van der Waals surface area contributed by atoms with Crippen molar-refractivity contribution >= 4 is 5.82 Å². The highest BCUT2D eigenvalue weighted by Gasteiger charge is 2.26. The topological polar surface area (TPSA) is 41.1 Å². The highest BCUT2D eigenvalue weighted by Crippen LogP contribution is 2.30. The standard InChI is InChI=1S/C18H30N4/c1-13(2)10-14-6-4-9-16(20-14)17-11-19-12-18(21-17)22(3)15-7-5-8-15/h11-16,20H,4-10H2,1-3H3/t14-,16?/m0/s1. The van der Waals surface area contributed by atoms with Crippen LogP contribution >= 0.6 is 0 Å². The maximum absolute atomic E-state index is 4.91. The highest BCUT2D eigenvalue weighted by atomic mass is 15.2. The van der Waals surface area contributed by atoms with Gasteiger partial charge in [-0.1, -0.05) is 13.8 Å². The summed E-state index contributed by atoms with van der Waals surface area (Å²) in [5, 5.41) is 3.80. The molecule has 1 unspecified atom stereocenters. The summed E-state index contributed by atoms with van der Waals surface area (Å²) in [7, 11) is 2.16. The highest BCUT2D eigenvalue weighted by molar-refractivity contribution is 5.37. The van der Waals surface area contributed by atoms with Gasteiger partial charge in [-0.15, -0.1) is 0 Å². The molecule has 1 saturated carbocycles. The summed E-state index contributed by atoms with van der Waals surface area (Å²) in [5.74, 6) is 1.79. The number of hydrogen-bond donors (Lipinski definition) is 1. The Hall–Kier alpha value is -1.16. The molecule has 0 aromatic carbocycles. The lowest BCUT2D eigenvalue weighted by molar-refractivity contribution is 0.286. The van der Waals surface area contributed by atoms with E-state index < -0.39 is 0 Å². The molecule has 1 N–H and O–H groups in total. The summed E-state index contributed by atoms with van der Waals surface area (Å²) >= 11 is 0. The minimum absolute atomic E-state index is 0.375. The summed E-state index contributed by atoms with van der Waals surface area (Å²) in [6.07, 6.45) is 12.8. The molecule has 2 fully saturated rings. The zero-order valence-electron chi connectivity index (χ0n) is 14.3. The smallest absolute Gasteiger partial charge is 0.147 e. The lowest BCUT2D eigenvalue weighted by Crippen LogP contribution is -2.39. The molecule has 2 atom stereocenters. The van der Waals surface area contributed by atoms with Crippen LogP contribution in [0.3, 0.4) is 0 Å². The largest absolute Gasteiger partial charge is 0.355 e. The van der Waals surface area contributed by atoms with Crippen molar-refractivity contribution in [1.29, 1.82) is 0 Å². The lowest BCUT2D eigenvalue weighted by Gasteiger charge is -2.36. The Labute approximate surface area is 134 Å². The Morgan fingerprint density at radius 2 is 1.95 bits per heavy atom. The fraction of sp³-hybridized carbons (Fsp3) is 0.778. The van der Waals surface area contributed by atoms with Crippen LogP contribution in [0.25, 0.3) is 0 Å². The van der Waals surface area contributed by atoms with Gasteiger partial charge in [-0.25, -0.2) is 4.98 Å². The van der Waals surface area contributed by atoms with Crippen LogP contribution in [0.1, 0.15) is 70.5 Å². The Morgan fingerprint density at radius 3 is 2.64 bits per heavy atom. The number of nitrogens with zero attached hydrogens (tertiary/aromatic N) is 3. The number of piperidine rings is 1. The first-order valence-corrected chi connectivity index (χ1v) is 8.94. The van der Waals surface area contributed by atoms with Crippen LogP contribution in [0, 0.1) is 5.92 Å². The lowest BCUT2D eigenvalue weighted by atomic mass is 9.91. The zero-order chi connectivity index (χ0) is 15.5. The molecule has 122 valence electrons. The summed E-state index contributed by atoms with van der Waals surface area (Å²) in [5.41, 5.74) is 1.12. The van der Waals surface area contributed by atoms with Gasteiger partial charge in [-0.3, -0.25) is 4.98 Å². The molecule has 1 aromatic heterocycles. The predicted octanol–water partition coefficient (Wildman–Crippen LogP) is 3.69. The van der Waals surface area contributed by atoms with Crippen LogP contribution in [0.2, 0.25) is 0 Å². The quantitative estimate of drug-likeness (QED) is 0.900. The normalized spacial score (nSPS) is 26.0. The van der Waals surface area contributed by atoms with E-state index in [1.807, 2.05) is 12.4 Å². The molecule has 1 aliphatic heterocycles. The third-order valence-electron chi connectivity index (χ3n) is 5.22. The molecule has 2 aliphatic rings. The van der Waals surface area contributed by atoms with E-state index in [0.717, 1.165) is 17.4 Å². The van der Waals surface area contributed by atoms with Crippen LogP contribution in [0.15, 0.2) is 12.4 Å². The van der Waals surface area contributed by atoms with Crippen LogP contribution in [0.4, 0.5) is 5.82 Å². The number of hydrogen-bond acceptors (Lipinski definition) is 4. The molecule has 22 heavy (non-hydrogen) atoms. The number of anilines is 1. The molecule has 0 bridgehead atoms. The molecule has 4 heteroatoms. The molecule has 1 aliphatic carbocycles. The van der Waals surface area contributed by atoms with Gasteiger partial charge in [0.1, 0.15) is 5.82 Å². The van der Waals surface area contributed by atoms with Gasteiger partial charge in [0.2, 0.25) is 0 Å². The van der Waals surface area contributed by atoms with Gasteiger partial charge in [0, 0.05) is 19.1 Å². The number of nitrogens with one attached hydrogen (secondary N) is 1. The molecule has 2 heterocycles. The first-order valence-electron chi connectivity index (χ1n) is 8.94. The van der Waals surface area contributed by atoms with E-state index in [1.54, 1.807) is 0 Å². The molecule has 4 nitrogen and oxygen atoms in total. The van der Waals surface area contributed by atoms with Crippen molar-refractivity contribution in [3.63, 3.8) is 0 Å². The molecule has 1 aromatic rings. The monoisotopic (exact) mass is 302 g/mol. The van der Waals surface area contributed by atoms with Crippen molar-refractivity contribution in [3.05, 3.63) is 18.1 Å². The van der Waals surface area contributed by atoms with Gasteiger partial charge in [0.15, 0.2) is 0 Å². The summed E-state index contributed by atoms with van der Waals surface area (Å²) < 4.78 is 0. The number of aromatic nitrogens is 2. The third kappa shape index (κ3) is 3.60. The minimum Gasteiger partial charge on any atom is -0.355 e. The average molecular weight is 302 g/mol. The van der Waals surface area contributed by atoms with E-state index >= 15 is 0 Å². The molecule has 0 amide bonds. The van der Waals surface area contributed by atoms with Crippen LogP contribution < -0.4 is 10.2 Å². The van der Waals surface area contributed by atoms with Crippen molar-refractivity contribution in [2.75, 3.05) is 11.9 Å². The second kappa shape index (κ2) is 6.95.